The number of aryl methyl sites for hydroxylation is 1. The van der Waals surface area contributed by atoms with E-state index in [1.54, 1.807) is 11.9 Å². The molecule has 2 heterocycles. The van der Waals surface area contributed by atoms with Gasteiger partial charge in [-0.25, -0.2) is 0 Å². The number of carbonyl (C=O) groups excluding carboxylic acids is 1. The molecule has 112 valence electrons. The summed E-state index contributed by atoms with van der Waals surface area (Å²) in [7, 11) is 1.78. The van der Waals surface area contributed by atoms with E-state index in [-0.39, 0.29) is 5.91 Å². The fraction of sp³-hybridized carbons (Fsp3) is 0.235. The summed E-state index contributed by atoms with van der Waals surface area (Å²) in [4.78, 5) is 14.1. The molecule has 3 aromatic rings. The predicted octanol–water partition coefficient (Wildman–Crippen LogP) is 2.56. The summed E-state index contributed by atoms with van der Waals surface area (Å²) in [6.45, 7) is 2.51. The van der Waals surface area contributed by atoms with Crippen molar-refractivity contribution in [1.29, 1.82) is 0 Å². The van der Waals surface area contributed by atoms with E-state index >= 15 is 0 Å². The molecule has 0 N–H and O–H groups in total. The molecule has 1 amide bonds. The van der Waals surface area contributed by atoms with Crippen LogP contribution in [0.1, 0.15) is 28.7 Å². The van der Waals surface area contributed by atoms with Crippen LogP contribution in [-0.4, -0.2) is 32.5 Å². The third kappa shape index (κ3) is 2.70. The Balaban J connectivity index is 1.78. The van der Waals surface area contributed by atoms with Crippen LogP contribution in [-0.2, 0) is 13.0 Å². The van der Waals surface area contributed by atoms with Crippen LogP contribution in [0.3, 0.4) is 0 Å². The van der Waals surface area contributed by atoms with Gasteiger partial charge in [-0.15, -0.1) is 10.2 Å². The fourth-order valence-corrected chi connectivity index (χ4v) is 2.39. The molecule has 0 aliphatic heterocycles. The zero-order chi connectivity index (χ0) is 15.5. The Morgan fingerprint density at radius 1 is 1.14 bits per heavy atom. The Morgan fingerprint density at radius 2 is 1.91 bits per heavy atom. The molecule has 3 rings (SSSR count). The highest BCUT2D eigenvalue weighted by Gasteiger charge is 2.14. The van der Waals surface area contributed by atoms with Gasteiger partial charge >= 0.3 is 0 Å². The van der Waals surface area contributed by atoms with Crippen LogP contribution in [0.2, 0.25) is 0 Å². The van der Waals surface area contributed by atoms with E-state index in [9.17, 15) is 4.79 Å². The van der Waals surface area contributed by atoms with Gasteiger partial charge in [0.2, 0.25) is 0 Å². The van der Waals surface area contributed by atoms with E-state index in [0.29, 0.717) is 12.1 Å². The molecule has 0 unspecified atom stereocenters. The van der Waals surface area contributed by atoms with Crippen LogP contribution in [0.15, 0.2) is 48.7 Å². The van der Waals surface area contributed by atoms with Crippen LogP contribution in [0.4, 0.5) is 0 Å². The first kappa shape index (κ1) is 14.3. The molecule has 0 bridgehead atoms. The predicted molar refractivity (Wildman–Crippen MR) is 84.6 cm³/mol. The minimum Gasteiger partial charge on any atom is -0.334 e. The summed E-state index contributed by atoms with van der Waals surface area (Å²) in [5.41, 5.74) is 2.70. The standard InChI is InChI=1S/C17H18N4O/c1-3-13-7-9-14(10-8-13)17(22)20(2)12-16-19-18-15-6-4-5-11-21(15)16/h4-11H,3,12H2,1-2H3. The molecule has 2 aromatic heterocycles. The lowest BCUT2D eigenvalue weighted by Crippen LogP contribution is -2.27. The Kier molecular flexibility index (Phi) is 3.87. The number of aromatic nitrogens is 3. The summed E-state index contributed by atoms with van der Waals surface area (Å²) >= 11 is 0. The van der Waals surface area contributed by atoms with Crippen molar-refractivity contribution >= 4 is 11.6 Å². The molecule has 0 aliphatic rings. The maximum atomic E-state index is 12.5. The van der Waals surface area contributed by atoms with Crippen LogP contribution in [0.25, 0.3) is 5.65 Å². The van der Waals surface area contributed by atoms with Crippen LogP contribution in [0, 0.1) is 0 Å². The molecule has 1 aromatic carbocycles. The second-order valence-electron chi connectivity index (χ2n) is 5.26. The number of pyridine rings is 1. The fourth-order valence-electron chi connectivity index (χ4n) is 2.39. The topological polar surface area (TPSA) is 50.5 Å². The maximum Gasteiger partial charge on any atom is 0.254 e. The Hall–Kier alpha value is -2.69. The van der Waals surface area contributed by atoms with Gasteiger partial charge in [0, 0.05) is 18.8 Å². The van der Waals surface area contributed by atoms with E-state index in [4.69, 9.17) is 0 Å². The summed E-state index contributed by atoms with van der Waals surface area (Å²) < 4.78 is 1.89. The lowest BCUT2D eigenvalue weighted by Gasteiger charge is -2.16. The maximum absolute atomic E-state index is 12.5. The largest absolute Gasteiger partial charge is 0.334 e. The molecule has 0 spiro atoms. The zero-order valence-electron chi connectivity index (χ0n) is 12.7. The van der Waals surface area contributed by atoms with Crippen LogP contribution in [0.5, 0.6) is 0 Å². The van der Waals surface area contributed by atoms with Crippen molar-refractivity contribution < 1.29 is 4.79 Å². The summed E-state index contributed by atoms with van der Waals surface area (Å²) in [5.74, 6) is 0.729. The van der Waals surface area contributed by atoms with Crippen molar-refractivity contribution in [3.63, 3.8) is 0 Å². The van der Waals surface area contributed by atoms with Gasteiger partial charge < -0.3 is 4.90 Å². The molecular weight excluding hydrogens is 276 g/mol. The lowest BCUT2D eigenvalue weighted by molar-refractivity contribution is 0.0781. The quantitative estimate of drug-likeness (QED) is 0.743. The number of benzene rings is 1. The monoisotopic (exact) mass is 294 g/mol. The molecular formula is C17H18N4O. The normalized spacial score (nSPS) is 10.8. The second kappa shape index (κ2) is 5.97. The van der Waals surface area contributed by atoms with E-state index < -0.39 is 0 Å². The van der Waals surface area contributed by atoms with Gasteiger partial charge in [-0.05, 0) is 36.2 Å². The average molecular weight is 294 g/mol. The number of hydrogen-bond acceptors (Lipinski definition) is 3. The van der Waals surface area contributed by atoms with Gasteiger partial charge in [-0.1, -0.05) is 25.1 Å². The minimum atomic E-state index is -0.0182. The molecule has 0 saturated carbocycles. The third-order valence-corrected chi connectivity index (χ3v) is 3.72. The highest BCUT2D eigenvalue weighted by Crippen LogP contribution is 2.10. The number of amides is 1. The molecule has 0 atom stereocenters. The highest BCUT2D eigenvalue weighted by molar-refractivity contribution is 5.94. The first-order chi connectivity index (χ1) is 10.7. The van der Waals surface area contributed by atoms with Crippen molar-refractivity contribution in [2.45, 2.75) is 19.9 Å². The van der Waals surface area contributed by atoms with E-state index in [0.717, 1.165) is 17.9 Å². The molecule has 22 heavy (non-hydrogen) atoms. The number of fused-ring (bicyclic) bond motifs is 1. The zero-order valence-corrected chi connectivity index (χ0v) is 12.7. The smallest absolute Gasteiger partial charge is 0.254 e. The van der Waals surface area contributed by atoms with Gasteiger partial charge in [0.05, 0.1) is 6.54 Å². The first-order valence-corrected chi connectivity index (χ1v) is 7.32. The highest BCUT2D eigenvalue weighted by atomic mass is 16.2. The Morgan fingerprint density at radius 3 is 2.64 bits per heavy atom. The van der Waals surface area contributed by atoms with Crippen molar-refractivity contribution in [3.8, 4) is 0 Å². The van der Waals surface area contributed by atoms with Gasteiger partial charge in [0.15, 0.2) is 11.5 Å². The Labute approximate surface area is 129 Å². The number of rotatable bonds is 4. The second-order valence-corrected chi connectivity index (χ2v) is 5.26. The molecule has 5 heteroatoms. The summed E-state index contributed by atoms with van der Waals surface area (Å²) in [6.07, 6.45) is 2.87. The number of nitrogens with zero attached hydrogens (tertiary/aromatic N) is 4. The average Bonchev–Trinajstić information content (AvgIpc) is 2.97. The molecule has 0 fully saturated rings. The summed E-state index contributed by atoms with van der Waals surface area (Å²) in [5, 5.41) is 8.26. The minimum absolute atomic E-state index is 0.0182. The first-order valence-electron chi connectivity index (χ1n) is 7.32. The number of hydrogen-bond donors (Lipinski definition) is 0. The third-order valence-electron chi connectivity index (χ3n) is 3.72. The van der Waals surface area contributed by atoms with Gasteiger partial charge in [0.1, 0.15) is 0 Å². The Bertz CT molecular complexity index is 792. The summed E-state index contributed by atoms with van der Waals surface area (Å²) in [6, 6.07) is 13.5. The van der Waals surface area contributed by atoms with Gasteiger partial charge in [-0.3, -0.25) is 9.20 Å². The van der Waals surface area contributed by atoms with Gasteiger partial charge in [0.25, 0.3) is 5.91 Å². The molecule has 0 radical (unpaired) electrons. The van der Waals surface area contributed by atoms with E-state index in [1.807, 2.05) is 53.1 Å². The van der Waals surface area contributed by atoms with Crippen molar-refractivity contribution in [2.24, 2.45) is 0 Å². The van der Waals surface area contributed by atoms with Gasteiger partial charge in [-0.2, -0.15) is 0 Å². The van der Waals surface area contributed by atoms with Crippen molar-refractivity contribution in [1.82, 2.24) is 19.5 Å². The molecule has 5 nitrogen and oxygen atoms in total. The molecule has 0 aliphatic carbocycles. The lowest BCUT2D eigenvalue weighted by atomic mass is 10.1. The van der Waals surface area contributed by atoms with Crippen LogP contribution < -0.4 is 0 Å². The van der Waals surface area contributed by atoms with Crippen molar-refractivity contribution in [3.05, 3.63) is 65.6 Å². The number of carbonyl (C=O) groups is 1. The SMILES string of the molecule is CCc1ccc(C(=O)N(C)Cc2nnc3ccccn23)cc1. The van der Waals surface area contributed by atoms with E-state index in [2.05, 4.69) is 17.1 Å². The van der Waals surface area contributed by atoms with Crippen molar-refractivity contribution in [2.75, 3.05) is 7.05 Å². The van der Waals surface area contributed by atoms with Crippen LogP contribution >= 0.6 is 0 Å². The van der Waals surface area contributed by atoms with E-state index in [1.165, 1.54) is 5.56 Å². The molecule has 0 saturated heterocycles.